The lowest BCUT2D eigenvalue weighted by atomic mass is 10.3. The molecule has 0 N–H and O–H groups in total. The van der Waals surface area contributed by atoms with Gasteiger partial charge >= 0.3 is 6.09 Å². The van der Waals surface area contributed by atoms with E-state index in [1.807, 2.05) is 40.4 Å². The van der Waals surface area contributed by atoms with E-state index >= 15 is 0 Å². The molecule has 1 amide bonds. The lowest BCUT2D eigenvalue weighted by molar-refractivity contribution is 0.162. The van der Waals surface area contributed by atoms with Crippen LogP contribution in [0.3, 0.4) is 0 Å². The van der Waals surface area contributed by atoms with E-state index in [2.05, 4.69) is 20.9 Å². The number of hydrogen-bond donors (Lipinski definition) is 0. The second-order valence-corrected chi connectivity index (χ2v) is 5.05. The summed E-state index contributed by atoms with van der Waals surface area (Å²) < 4.78 is 7.59. The first-order valence-corrected chi connectivity index (χ1v) is 7.02. The van der Waals surface area contributed by atoms with Crippen molar-refractivity contribution in [2.75, 3.05) is 6.61 Å². The maximum Gasteiger partial charge on any atom is 0.436 e. The monoisotopic (exact) mass is 326 g/mol. The van der Waals surface area contributed by atoms with Crippen LogP contribution in [0.2, 0.25) is 0 Å². The summed E-state index contributed by atoms with van der Waals surface area (Å²) in [4.78, 5) is 15.9. The normalized spacial score (nSPS) is 11.6. The molecule has 6 heteroatoms. The summed E-state index contributed by atoms with van der Waals surface area (Å²) in [6.45, 7) is 2.08. The van der Waals surface area contributed by atoms with E-state index in [0.29, 0.717) is 11.4 Å². The van der Waals surface area contributed by atoms with Crippen molar-refractivity contribution in [3.8, 4) is 5.69 Å². The van der Waals surface area contributed by atoms with E-state index in [1.54, 1.807) is 6.92 Å². The number of aromatic nitrogens is 1. The van der Waals surface area contributed by atoms with Gasteiger partial charge in [-0.25, -0.2) is 4.79 Å². The minimum Gasteiger partial charge on any atom is -0.448 e. The average Bonchev–Trinajstić information content (AvgIpc) is 2.78. The van der Waals surface area contributed by atoms with E-state index in [0.717, 1.165) is 10.2 Å². The largest absolute Gasteiger partial charge is 0.448 e. The Bertz CT molecular complexity index is 618. The molecule has 2 aromatic rings. The Morgan fingerprint density at radius 1 is 1.50 bits per heavy atom. The maximum atomic E-state index is 11.4. The Kier molecular flexibility index (Phi) is 4.33. The van der Waals surface area contributed by atoms with Gasteiger partial charge in [0.05, 0.1) is 12.3 Å². The standard InChI is InChI=1S/C12H11BrN2O2S/c1-2-17-12(16)14-11-15(7-8-18-11)10-6-4-3-5-9(10)13/h3-8H,2H2,1H3. The highest BCUT2D eigenvalue weighted by atomic mass is 79.9. The van der Waals surface area contributed by atoms with Crippen molar-refractivity contribution < 1.29 is 9.53 Å². The van der Waals surface area contributed by atoms with Crippen LogP contribution in [0.1, 0.15) is 6.92 Å². The van der Waals surface area contributed by atoms with E-state index in [4.69, 9.17) is 4.74 Å². The summed E-state index contributed by atoms with van der Waals surface area (Å²) in [5, 5.41) is 1.87. The van der Waals surface area contributed by atoms with E-state index in [1.165, 1.54) is 11.3 Å². The minimum absolute atomic E-state index is 0.322. The quantitative estimate of drug-likeness (QED) is 0.849. The molecule has 0 aliphatic heterocycles. The van der Waals surface area contributed by atoms with Crippen molar-refractivity contribution in [1.29, 1.82) is 0 Å². The van der Waals surface area contributed by atoms with Gasteiger partial charge in [-0.15, -0.1) is 16.3 Å². The molecule has 0 spiro atoms. The van der Waals surface area contributed by atoms with Crippen LogP contribution in [0.15, 0.2) is 45.3 Å². The Balaban J connectivity index is 2.46. The molecule has 1 aromatic heterocycles. The first-order chi connectivity index (χ1) is 8.72. The fraction of sp³-hybridized carbons (Fsp3) is 0.167. The Morgan fingerprint density at radius 2 is 2.28 bits per heavy atom. The van der Waals surface area contributed by atoms with Gasteiger partial charge < -0.3 is 4.74 Å². The molecular formula is C12H11BrN2O2S. The topological polar surface area (TPSA) is 43.6 Å². The highest BCUT2D eigenvalue weighted by molar-refractivity contribution is 9.10. The fourth-order valence-electron chi connectivity index (χ4n) is 1.42. The molecule has 18 heavy (non-hydrogen) atoms. The molecule has 94 valence electrons. The average molecular weight is 327 g/mol. The van der Waals surface area contributed by atoms with Crippen LogP contribution < -0.4 is 4.80 Å². The predicted octanol–water partition coefficient (Wildman–Crippen LogP) is 3.36. The van der Waals surface area contributed by atoms with Gasteiger partial charge in [-0.05, 0) is 35.0 Å². The molecule has 2 rings (SSSR count). The number of carbonyl (C=O) groups excluding carboxylic acids is 1. The van der Waals surface area contributed by atoms with Gasteiger partial charge in [-0.1, -0.05) is 12.1 Å². The zero-order valence-corrected chi connectivity index (χ0v) is 12.1. The smallest absolute Gasteiger partial charge is 0.436 e. The van der Waals surface area contributed by atoms with Crippen LogP contribution >= 0.6 is 27.3 Å². The third kappa shape index (κ3) is 2.88. The van der Waals surface area contributed by atoms with Crippen molar-refractivity contribution in [2.45, 2.75) is 6.92 Å². The van der Waals surface area contributed by atoms with Crippen LogP contribution in [0.25, 0.3) is 5.69 Å². The lowest BCUT2D eigenvalue weighted by Gasteiger charge is -2.04. The first kappa shape index (κ1) is 13.0. The van der Waals surface area contributed by atoms with Crippen molar-refractivity contribution in [1.82, 2.24) is 4.57 Å². The molecule has 0 fully saturated rings. The zero-order chi connectivity index (χ0) is 13.0. The Hall–Kier alpha value is -1.40. The first-order valence-electron chi connectivity index (χ1n) is 5.35. The molecule has 0 aliphatic rings. The van der Waals surface area contributed by atoms with Crippen molar-refractivity contribution in [3.63, 3.8) is 0 Å². The molecule has 0 bridgehead atoms. The second-order valence-electron chi connectivity index (χ2n) is 3.32. The van der Waals surface area contributed by atoms with Crippen LogP contribution in [0.4, 0.5) is 4.79 Å². The third-order valence-corrected chi connectivity index (χ3v) is 3.58. The summed E-state index contributed by atoms with van der Waals surface area (Å²) in [5.74, 6) is 0. The number of thiazole rings is 1. The summed E-state index contributed by atoms with van der Waals surface area (Å²) >= 11 is 4.86. The van der Waals surface area contributed by atoms with Gasteiger partial charge in [0.1, 0.15) is 0 Å². The molecule has 0 saturated heterocycles. The number of nitrogens with zero attached hydrogens (tertiary/aromatic N) is 2. The van der Waals surface area contributed by atoms with Crippen LogP contribution in [0.5, 0.6) is 0 Å². The summed E-state index contributed by atoms with van der Waals surface area (Å²) in [6, 6.07) is 7.75. The van der Waals surface area contributed by atoms with Crippen molar-refractivity contribution in [2.24, 2.45) is 4.99 Å². The molecule has 0 radical (unpaired) electrons. The van der Waals surface area contributed by atoms with Crippen LogP contribution in [0, 0.1) is 0 Å². The Morgan fingerprint density at radius 3 is 3.00 bits per heavy atom. The highest BCUT2D eigenvalue weighted by Gasteiger charge is 2.05. The van der Waals surface area contributed by atoms with E-state index < -0.39 is 6.09 Å². The summed E-state index contributed by atoms with van der Waals surface area (Å²) in [7, 11) is 0. The molecule has 0 atom stereocenters. The molecule has 0 unspecified atom stereocenters. The number of rotatable bonds is 2. The summed E-state index contributed by atoms with van der Waals surface area (Å²) in [6.07, 6.45) is 1.30. The molecule has 0 aliphatic carbocycles. The Labute approximate surface area is 117 Å². The summed E-state index contributed by atoms with van der Waals surface area (Å²) in [5.41, 5.74) is 0.932. The predicted molar refractivity (Wildman–Crippen MR) is 73.9 cm³/mol. The van der Waals surface area contributed by atoms with E-state index in [9.17, 15) is 4.79 Å². The minimum atomic E-state index is -0.569. The third-order valence-electron chi connectivity index (χ3n) is 2.16. The fourth-order valence-corrected chi connectivity index (χ4v) is 2.60. The maximum absolute atomic E-state index is 11.4. The highest BCUT2D eigenvalue weighted by Crippen LogP contribution is 2.19. The number of halogens is 1. The van der Waals surface area contributed by atoms with Gasteiger partial charge in [0.15, 0.2) is 0 Å². The second kappa shape index (κ2) is 5.97. The van der Waals surface area contributed by atoms with Crippen LogP contribution in [-0.4, -0.2) is 17.3 Å². The number of ether oxygens (including phenoxy) is 1. The van der Waals surface area contributed by atoms with Gasteiger partial charge in [0, 0.05) is 16.0 Å². The number of carbonyl (C=O) groups is 1. The van der Waals surface area contributed by atoms with E-state index in [-0.39, 0.29) is 0 Å². The van der Waals surface area contributed by atoms with Gasteiger partial charge in [0.25, 0.3) is 0 Å². The van der Waals surface area contributed by atoms with Gasteiger partial charge in [-0.2, -0.15) is 0 Å². The zero-order valence-electron chi connectivity index (χ0n) is 9.67. The van der Waals surface area contributed by atoms with Gasteiger partial charge in [-0.3, -0.25) is 4.57 Å². The van der Waals surface area contributed by atoms with Crippen molar-refractivity contribution in [3.05, 3.63) is 45.1 Å². The SMILES string of the molecule is CCOC(=O)N=c1sccn1-c1ccccc1Br. The molecule has 1 heterocycles. The molecule has 1 aromatic carbocycles. The molecule has 0 saturated carbocycles. The molecule has 4 nitrogen and oxygen atoms in total. The number of hydrogen-bond acceptors (Lipinski definition) is 3. The van der Waals surface area contributed by atoms with Crippen molar-refractivity contribution >= 4 is 33.4 Å². The molecular weight excluding hydrogens is 316 g/mol. The number of benzene rings is 1. The number of para-hydroxylation sites is 1. The number of amides is 1. The lowest BCUT2D eigenvalue weighted by Crippen LogP contribution is -2.15. The van der Waals surface area contributed by atoms with Gasteiger partial charge in [0.2, 0.25) is 4.80 Å². The van der Waals surface area contributed by atoms with Crippen LogP contribution in [-0.2, 0) is 4.74 Å².